The number of aliphatic hydroxyl groups is 2. The van der Waals surface area contributed by atoms with Gasteiger partial charge in [0.05, 0.1) is 24.9 Å². The third-order valence-corrected chi connectivity index (χ3v) is 8.63. The first-order chi connectivity index (χ1) is 23.6. The van der Waals surface area contributed by atoms with Crippen molar-refractivity contribution in [2.75, 3.05) is 20.1 Å². The van der Waals surface area contributed by atoms with Gasteiger partial charge < -0.3 is 39.7 Å². The van der Waals surface area contributed by atoms with E-state index in [9.17, 15) is 24.9 Å². The van der Waals surface area contributed by atoms with Gasteiger partial charge in [-0.2, -0.15) is 0 Å². The topological polar surface area (TPSA) is 138 Å². The quantitative estimate of drug-likeness (QED) is 0.144. The molecular weight excluding hydrogens is 624 g/mol. The van der Waals surface area contributed by atoms with Gasteiger partial charge in [0.2, 0.25) is 0 Å². The number of nitrogens with one attached hydrogen (secondary N) is 1. The monoisotopic (exact) mass is 668 g/mol. The van der Waals surface area contributed by atoms with Gasteiger partial charge in [-0.1, -0.05) is 91.0 Å². The Morgan fingerprint density at radius 3 is 2.20 bits per heavy atom. The Bertz CT molecular complexity index is 1660. The Hall–Kier alpha value is -4.58. The number of likely N-dealkylation sites (N-methyl/N-ethyl adjacent to an activating group) is 1. The fraction of sp³-hybridized carbons (Fsp3) is 0.333. The first-order valence-electron chi connectivity index (χ1n) is 16.4. The van der Waals surface area contributed by atoms with Crippen LogP contribution in [0.2, 0.25) is 0 Å². The van der Waals surface area contributed by atoms with E-state index in [1.807, 2.05) is 78.7 Å². The van der Waals surface area contributed by atoms with Crippen LogP contribution in [0.1, 0.15) is 71.6 Å². The van der Waals surface area contributed by atoms with E-state index in [2.05, 4.69) is 17.4 Å². The van der Waals surface area contributed by atoms with E-state index in [0.717, 1.165) is 27.8 Å². The van der Waals surface area contributed by atoms with Crippen LogP contribution in [0.25, 0.3) is 0 Å². The molecule has 4 aromatic carbocycles. The minimum absolute atomic E-state index is 0.0654. The Morgan fingerprint density at radius 1 is 0.878 bits per heavy atom. The average molecular weight is 669 g/mol. The van der Waals surface area contributed by atoms with Gasteiger partial charge in [-0.3, -0.25) is 9.59 Å². The molecule has 1 amide bonds. The molecule has 0 saturated carbocycles. The average Bonchev–Trinajstić information content (AvgIpc) is 3.10. The lowest BCUT2D eigenvalue weighted by Crippen LogP contribution is -2.44. The zero-order valence-corrected chi connectivity index (χ0v) is 27.9. The van der Waals surface area contributed by atoms with Crippen molar-refractivity contribution in [1.82, 2.24) is 10.2 Å². The summed E-state index contributed by atoms with van der Waals surface area (Å²) in [5.41, 5.74) is 5.03. The van der Waals surface area contributed by atoms with Gasteiger partial charge in [0.1, 0.15) is 5.75 Å². The maximum absolute atomic E-state index is 12.3. The fourth-order valence-corrected chi connectivity index (χ4v) is 6.11. The zero-order chi connectivity index (χ0) is 34.9. The Morgan fingerprint density at radius 2 is 1.55 bits per heavy atom. The van der Waals surface area contributed by atoms with Gasteiger partial charge in [0.15, 0.2) is 12.4 Å². The van der Waals surface area contributed by atoms with Crippen LogP contribution in [0.5, 0.6) is 5.75 Å². The highest BCUT2D eigenvalue weighted by molar-refractivity contribution is 5.82. The summed E-state index contributed by atoms with van der Waals surface area (Å²) in [6.45, 7) is 3.74. The number of ether oxygens (including phenoxy) is 3. The van der Waals surface area contributed by atoms with Crippen molar-refractivity contribution in [2.45, 2.75) is 63.6 Å². The summed E-state index contributed by atoms with van der Waals surface area (Å²) in [6.07, 6.45) is -3.23. The van der Waals surface area contributed by atoms with E-state index >= 15 is 0 Å². The van der Waals surface area contributed by atoms with E-state index in [1.54, 1.807) is 24.3 Å². The number of amides is 1. The van der Waals surface area contributed by atoms with Gasteiger partial charge in [-0.25, -0.2) is 0 Å². The number of hydrogen-bond donors (Lipinski definition) is 4. The third kappa shape index (κ3) is 9.53. The van der Waals surface area contributed by atoms with Crippen LogP contribution in [-0.2, 0) is 37.0 Å². The first kappa shape index (κ1) is 35.7. The number of carbonyl (C=O) groups is 2. The normalized spacial score (nSPS) is 20.4. The molecule has 0 aliphatic carbocycles. The number of benzene rings is 4. The summed E-state index contributed by atoms with van der Waals surface area (Å²) in [4.78, 5) is 25.6. The molecule has 6 atom stereocenters. The third-order valence-electron chi connectivity index (χ3n) is 8.63. The van der Waals surface area contributed by atoms with Crippen molar-refractivity contribution < 1.29 is 39.1 Å². The SMILES string of the molecule is CC(=O)OC(C)C(=O)NCc1ccc(C2OC(CN(C)CC(O)c3cccc(O)c3)C(c3ccccc3)C(c3ccc(CO)cc3)O2)cc1. The predicted octanol–water partition coefficient (Wildman–Crippen LogP) is 5.06. The molecular formula is C39H44N2O8. The smallest absolute Gasteiger partial charge is 0.303 e. The second-order valence-corrected chi connectivity index (χ2v) is 12.4. The predicted molar refractivity (Wildman–Crippen MR) is 183 cm³/mol. The molecule has 258 valence electrons. The van der Waals surface area contributed by atoms with Gasteiger partial charge in [-0.15, -0.1) is 0 Å². The molecule has 6 unspecified atom stereocenters. The molecule has 1 saturated heterocycles. The standard InChI is InChI=1S/C39H44N2O8/c1-25(47-26(2)43)38(46)40-21-27-12-18-31(19-13-27)39-48-35(23-41(3)22-34(45)32-10-7-11-33(44)20-32)36(29-8-5-4-6-9-29)37(49-39)30-16-14-28(24-42)15-17-30/h4-20,25,34-37,39,42,44-45H,21-24H2,1-3H3,(H,40,46). The maximum atomic E-state index is 12.3. The van der Waals surface area contributed by atoms with Gasteiger partial charge >= 0.3 is 5.97 Å². The van der Waals surface area contributed by atoms with E-state index < -0.39 is 30.6 Å². The number of hydrogen-bond acceptors (Lipinski definition) is 9. The molecule has 0 spiro atoms. The van der Waals surface area contributed by atoms with Crippen LogP contribution >= 0.6 is 0 Å². The van der Waals surface area contributed by atoms with Gasteiger partial charge in [0.25, 0.3) is 5.91 Å². The number of aliphatic hydroxyl groups excluding tert-OH is 2. The minimum Gasteiger partial charge on any atom is -0.508 e. The highest BCUT2D eigenvalue weighted by Crippen LogP contribution is 2.47. The lowest BCUT2D eigenvalue weighted by molar-refractivity contribution is -0.263. The number of phenols is 1. The van der Waals surface area contributed by atoms with E-state index in [-0.39, 0.29) is 36.8 Å². The van der Waals surface area contributed by atoms with Crippen molar-refractivity contribution in [2.24, 2.45) is 0 Å². The number of aromatic hydroxyl groups is 1. The lowest BCUT2D eigenvalue weighted by atomic mass is 9.83. The minimum atomic E-state index is -0.891. The van der Waals surface area contributed by atoms with Crippen LogP contribution in [0.4, 0.5) is 0 Å². The van der Waals surface area contributed by atoms with Crippen LogP contribution in [0.3, 0.4) is 0 Å². The van der Waals surface area contributed by atoms with Gasteiger partial charge in [-0.05, 0) is 53.9 Å². The first-order valence-corrected chi connectivity index (χ1v) is 16.4. The van der Waals surface area contributed by atoms with Crippen LogP contribution in [0, 0.1) is 0 Å². The van der Waals surface area contributed by atoms with E-state index in [4.69, 9.17) is 14.2 Å². The highest BCUT2D eigenvalue weighted by Gasteiger charge is 2.42. The van der Waals surface area contributed by atoms with Crippen molar-refractivity contribution in [3.8, 4) is 5.75 Å². The molecule has 0 aromatic heterocycles. The molecule has 1 fully saturated rings. The summed E-state index contributed by atoms with van der Waals surface area (Å²) in [5, 5.41) is 33.4. The number of esters is 1. The van der Waals surface area contributed by atoms with Crippen molar-refractivity contribution in [1.29, 1.82) is 0 Å². The summed E-state index contributed by atoms with van der Waals surface area (Å²) >= 11 is 0. The molecule has 0 radical (unpaired) electrons. The molecule has 4 N–H and O–H groups in total. The van der Waals surface area contributed by atoms with Crippen LogP contribution < -0.4 is 5.32 Å². The maximum Gasteiger partial charge on any atom is 0.303 e. The molecule has 49 heavy (non-hydrogen) atoms. The number of rotatable bonds is 13. The molecule has 5 rings (SSSR count). The molecule has 4 aromatic rings. The summed E-state index contributed by atoms with van der Waals surface area (Å²) in [5.74, 6) is -1.03. The van der Waals surface area contributed by atoms with Crippen molar-refractivity contribution >= 4 is 11.9 Å². The Balaban J connectivity index is 1.41. The van der Waals surface area contributed by atoms with E-state index in [0.29, 0.717) is 18.7 Å². The highest BCUT2D eigenvalue weighted by atomic mass is 16.7. The van der Waals surface area contributed by atoms with Crippen LogP contribution in [-0.4, -0.2) is 64.4 Å². The summed E-state index contributed by atoms with van der Waals surface area (Å²) < 4.78 is 18.5. The summed E-state index contributed by atoms with van der Waals surface area (Å²) in [6, 6.07) is 32.0. The van der Waals surface area contributed by atoms with Gasteiger partial charge in [0, 0.05) is 38.0 Å². The largest absolute Gasteiger partial charge is 0.508 e. The molecule has 1 aliphatic rings. The lowest BCUT2D eigenvalue weighted by Gasteiger charge is -2.44. The second-order valence-electron chi connectivity index (χ2n) is 12.4. The van der Waals surface area contributed by atoms with Crippen molar-refractivity contribution in [3.05, 3.63) is 137 Å². The Kier molecular flexibility index (Phi) is 12.2. The second kappa shape index (κ2) is 16.7. The molecule has 10 heteroatoms. The van der Waals surface area contributed by atoms with Crippen LogP contribution in [0.15, 0.2) is 103 Å². The molecule has 10 nitrogen and oxygen atoms in total. The zero-order valence-electron chi connectivity index (χ0n) is 27.9. The van der Waals surface area contributed by atoms with E-state index in [1.165, 1.54) is 13.8 Å². The molecule has 1 heterocycles. The Labute approximate surface area is 286 Å². The summed E-state index contributed by atoms with van der Waals surface area (Å²) in [7, 11) is 1.93. The number of nitrogens with zero attached hydrogens (tertiary/aromatic N) is 1. The van der Waals surface area contributed by atoms with Crippen molar-refractivity contribution in [3.63, 3.8) is 0 Å². The number of phenolic OH excluding ortho intramolecular Hbond substituents is 1. The number of carbonyl (C=O) groups excluding carboxylic acids is 2. The fourth-order valence-electron chi connectivity index (χ4n) is 6.11. The molecule has 1 aliphatic heterocycles. The molecule has 0 bridgehead atoms.